The summed E-state index contributed by atoms with van der Waals surface area (Å²) in [5, 5.41) is 4.49. The van der Waals surface area contributed by atoms with Crippen molar-refractivity contribution < 1.29 is 14.3 Å². The summed E-state index contributed by atoms with van der Waals surface area (Å²) < 4.78 is 12.2. The Morgan fingerprint density at radius 3 is 2.74 bits per heavy atom. The van der Waals surface area contributed by atoms with Gasteiger partial charge in [0.2, 0.25) is 5.88 Å². The Hall–Kier alpha value is -3.36. The van der Waals surface area contributed by atoms with Crippen molar-refractivity contribution in [2.75, 3.05) is 44.2 Å². The highest BCUT2D eigenvalue weighted by molar-refractivity contribution is 7.17. The van der Waals surface area contributed by atoms with Gasteiger partial charge in [-0.25, -0.2) is 9.78 Å². The third-order valence-electron chi connectivity index (χ3n) is 6.17. The van der Waals surface area contributed by atoms with Crippen molar-refractivity contribution in [1.82, 2.24) is 9.88 Å². The number of unbranched alkanes of at least 4 members (excludes halogenated alkanes) is 1. The highest BCUT2D eigenvalue weighted by Crippen LogP contribution is 2.31. The number of rotatable bonds is 8. The number of aromatic nitrogens is 1. The number of nitrogens with two attached hydrogens (primary N) is 1. The number of hydrogen-bond acceptors (Lipinski definition) is 7. The molecule has 1 aliphatic heterocycles. The summed E-state index contributed by atoms with van der Waals surface area (Å²) >= 11 is 1.81. The molecule has 2 N–H and O–H groups in total. The van der Waals surface area contributed by atoms with E-state index in [0.717, 1.165) is 56.7 Å². The standard InChI is InChI=1S/C26H28N4O3S/c27-26(31)33-25-9-7-19-6-8-20(18-22(19)28-25)32-16-2-1-11-29-12-14-30(15-13-29)23-4-3-5-24-21(23)10-17-34-24/h3-10,17-18H,1-2,11-16H2,(H2,27,31). The molecule has 1 fully saturated rings. The van der Waals surface area contributed by atoms with Crippen LogP contribution in [0.1, 0.15) is 12.8 Å². The zero-order valence-corrected chi connectivity index (χ0v) is 19.8. The fourth-order valence-corrected chi connectivity index (χ4v) is 5.23. The number of nitrogens with zero attached hydrogens (tertiary/aromatic N) is 3. The van der Waals surface area contributed by atoms with Gasteiger partial charge in [-0.3, -0.25) is 4.90 Å². The van der Waals surface area contributed by atoms with Gasteiger partial charge >= 0.3 is 6.09 Å². The maximum Gasteiger partial charge on any atom is 0.411 e. The Morgan fingerprint density at radius 2 is 1.88 bits per heavy atom. The summed E-state index contributed by atoms with van der Waals surface area (Å²) in [4.78, 5) is 20.3. The lowest BCUT2D eigenvalue weighted by Gasteiger charge is -2.36. The van der Waals surface area contributed by atoms with Crippen molar-refractivity contribution >= 4 is 44.1 Å². The highest BCUT2D eigenvalue weighted by atomic mass is 32.1. The van der Waals surface area contributed by atoms with Gasteiger partial charge in [0.05, 0.1) is 12.1 Å². The monoisotopic (exact) mass is 476 g/mol. The van der Waals surface area contributed by atoms with Gasteiger partial charge in [-0.2, -0.15) is 0 Å². The second-order valence-corrected chi connectivity index (χ2v) is 9.37. The molecule has 1 saturated heterocycles. The Kier molecular flexibility index (Phi) is 6.78. The first kappa shape index (κ1) is 22.4. The van der Waals surface area contributed by atoms with Gasteiger partial charge in [0, 0.05) is 59.5 Å². The molecule has 1 aliphatic rings. The van der Waals surface area contributed by atoms with E-state index in [1.165, 1.54) is 15.8 Å². The topological polar surface area (TPSA) is 80.9 Å². The first-order valence-corrected chi connectivity index (χ1v) is 12.5. The van der Waals surface area contributed by atoms with Crippen LogP contribution in [-0.4, -0.2) is 55.3 Å². The maximum absolute atomic E-state index is 10.9. The number of thiophene rings is 1. The highest BCUT2D eigenvalue weighted by Gasteiger charge is 2.18. The number of amides is 1. The fourth-order valence-electron chi connectivity index (χ4n) is 4.42. The van der Waals surface area contributed by atoms with Crippen LogP contribution in [-0.2, 0) is 0 Å². The van der Waals surface area contributed by atoms with Gasteiger partial charge < -0.3 is 20.1 Å². The Morgan fingerprint density at radius 1 is 1.03 bits per heavy atom. The third-order valence-corrected chi connectivity index (χ3v) is 7.05. The molecule has 0 radical (unpaired) electrons. The molecule has 5 rings (SSSR count). The molecule has 0 saturated carbocycles. The predicted molar refractivity (Wildman–Crippen MR) is 137 cm³/mol. The van der Waals surface area contributed by atoms with E-state index in [2.05, 4.69) is 44.4 Å². The predicted octanol–water partition coefficient (Wildman–Crippen LogP) is 4.89. The average Bonchev–Trinajstić information content (AvgIpc) is 3.33. The Bertz CT molecular complexity index is 1280. The van der Waals surface area contributed by atoms with Crippen LogP contribution in [0.2, 0.25) is 0 Å². The second kappa shape index (κ2) is 10.3. The van der Waals surface area contributed by atoms with Crippen LogP contribution in [0.3, 0.4) is 0 Å². The number of pyridine rings is 1. The van der Waals surface area contributed by atoms with Gasteiger partial charge in [-0.05, 0) is 61.2 Å². The van der Waals surface area contributed by atoms with Gasteiger partial charge in [-0.15, -0.1) is 11.3 Å². The number of piperazine rings is 1. The molecular weight excluding hydrogens is 448 g/mol. The van der Waals surface area contributed by atoms with Crippen molar-refractivity contribution in [1.29, 1.82) is 0 Å². The summed E-state index contributed by atoms with van der Waals surface area (Å²) in [6, 6.07) is 18.0. The number of ether oxygens (including phenoxy) is 2. The van der Waals surface area contributed by atoms with E-state index in [1.54, 1.807) is 6.07 Å². The molecule has 7 nitrogen and oxygen atoms in total. The van der Waals surface area contributed by atoms with Crippen LogP contribution >= 0.6 is 11.3 Å². The van der Waals surface area contributed by atoms with Gasteiger partial charge in [0.15, 0.2) is 0 Å². The zero-order chi connectivity index (χ0) is 23.3. The Balaban J connectivity index is 1.05. The van der Waals surface area contributed by atoms with E-state index in [4.69, 9.17) is 15.2 Å². The van der Waals surface area contributed by atoms with Crippen molar-refractivity contribution in [3.05, 3.63) is 60.0 Å². The summed E-state index contributed by atoms with van der Waals surface area (Å²) in [5.41, 5.74) is 7.13. The van der Waals surface area contributed by atoms with Gasteiger partial charge in [0.1, 0.15) is 5.75 Å². The lowest BCUT2D eigenvalue weighted by molar-refractivity contribution is 0.209. The average molecular weight is 477 g/mol. The molecule has 34 heavy (non-hydrogen) atoms. The lowest BCUT2D eigenvalue weighted by Crippen LogP contribution is -2.46. The van der Waals surface area contributed by atoms with E-state index in [-0.39, 0.29) is 5.88 Å². The second-order valence-electron chi connectivity index (χ2n) is 8.42. The minimum atomic E-state index is -0.875. The van der Waals surface area contributed by atoms with E-state index in [1.807, 2.05) is 35.6 Å². The lowest BCUT2D eigenvalue weighted by atomic mass is 10.2. The molecule has 4 aromatic rings. The first-order valence-electron chi connectivity index (χ1n) is 11.6. The number of carbonyl (C=O) groups is 1. The van der Waals surface area contributed by atoms with Crippen LogP contribution in [0.5, 0.6) is 11.6 Å². The van der Waals surface area contributed by atoms with Crippen LogP contribution in [0, 0.1) is 0 Å². The molecular formula is C26H28N4O3S. The van der Waals surface area contributed by atoms with Crippen molar-refractivity contribution in [3.63, 3.8) is 0 Å². The summed E-state index contributed by atoms with van der Waals surface area (Å²) in [7, 11) is 0. The molecule has 2 aromatic heterocycles. The molecule has 176 valence electrons. The quantitative estimate of drug-likeness (QED) is 0.365. The van der Waals surface area contributed by atoms with E-state index in [0.29, 0.717) is 12.1 Å². The van der Waals surface area contributed by atoms with Crippen molar-refractivity contribution in [2.45, 2.75) is 12.8 Å². The molecule has 1 amide bonds. The zero-order valence-electron chi connectivity index (χ0n) is 19.0. The molecule has 0 bridgehead atoms. The van der Waals surface area contributed by atoms with Gasteiger partial charge in [0.25, 0.3) is 0 Å². The van der Waals surface area contributed by atoms with Gasteiger partial charge in [-0.1, -0.05) is 6.07 Å². The minimum absolute atomic E-state index is 0.184. The normalized spacial score (nSPS) is 14.5. The number of carbonyl (C=O) groups excluding carboxylic acids is 1. The first-order chi connectivity index (χ1) is 16.7. The summed E-state index contributed by atoms with van der Waals surface area (Å²) in [6.45, 7) is 6.06. The van der Waals surface area contributed by atoms with Crippen molar-refractivity contribution in [2.24, 2.45) is 5.73 Å². The number of primary amides is 1. The smallest absolute Gasteiger partial charge is 0.411 e. The van der Waals surface area contributed by atoms with Crippen LogP contribution in [0.15, 0.2) is 60.0 Å². The Labute approximate surface area is 202 Å². The number of anilines is 1. The summed E-state index contributed by atoms with van der Waals surface area (Å²) in [5.74, 6) is 0.941. The minimum Gasteiger partial charge on any atom is -0.494 e. The molecule has 0 atom stereocenters. The molecule has 0 unspecified atom stereocenters. The van der Waals surface area contributed by atoms with E-state index >= 15 is 0 Å². The SMILES string of the molecule is NC(=O)Oc1ccc2ccc(OCCCCN3CCN(c4cccc5sccc45)CC3)cc2n1. The summed E-state index contributed by atoms with van der Waals surface area (Å²) in [6.07, 6.45) is 1.22. The van der Waals surface area contributed by atoms with Crippen LogP contribution in [0.4, 0.5) is 10.5 Å². The molecule has 0 aliphatic carbocycles. The van der Waals surface area contributed by atoms with E-state index in [9.17, 15) is 4.79 Å². The number of fused-ring (bicyclic) bond motifs is 2. The fraction of sp³-hybridized carbons (Fsp3) is 0.308. The van der Waals surface area contributed by atoms with Crippen LogP contribution < -0.4 is 20.1 Å². The largest absolute Gasteiger partial charge is 0.494 e. The van der Waals surface area contributed by atoms with Crippen molar-refractivity contribution in [3.8, 4) is 11.6 Å². The third kappa shape index (κ3) is 5.24. The van der Waals surface area contributed by atoms with E-state index < -0.39 is 6.09 Å². The molecule has 3 heterocycles. The molecule has 8 heteroatoms. The number of hydrogen-bond donors (Lipinski definition) is 1. The number of benzene rings is 2. The van der Waals surface area contributed by atoms with Crippen LogP contribution in [0.25, 0.3) is 21.0 Å². The molecule has 0 spiro atoms. The maximum atomic E-state index is 10.9. The molecule has 2 aromatic carbocycles.